The summed E-state index contributed by atoms with van der Waals surface area (Å²) in [5.41, 5.74) is 0. The third-order valence-corrected chi connectivity index (χ3v) is 4.82. The molecule has 0 aromatic carbocycles. The van der Waals surface area contributed by atoms with E-state index in [1.165, 1.54) is 0 Å². The molecule has 0 bridgehead atoms. The predicted octanol–water partition coefficient (Wildman–Crippen LogP) is 0.408. The molecule has 0 aromatic rings. The summed E-state index contributed by atoms with van der Waals surface area (Å²) in [6, 6.07) is 0.158. The molecule has 2 unspecified atom stereocenters. The van der Waals surface area contributed by atoms with Gasteiger partial charge in [0.1, 0.15) is 0 Å². The number of nitrogens with zero attached hydrogens (tertiary/aromatic N) is 1. The average molecular weight is 220 g/mol. The molecule has 14 heavy (non-hydrogen) atoms. The Balaban J connectivity index is 2.82. The lowest BCUT2D eigenvalue weighted by Gasteiger charge is -2.38. The Morgan fingerprint density at radius 2 is 1.79 bits per heavy atom. The van der Waals surface area contributed by atoms with Crippen molar-refractivity contribution in [3.8, 4) is 0 Å². The Morgan fingerprint density at radius 1 is 1.29 bits per heavy atom. The summed E-state index contributed by atoms with van der Waals surface area (Å²) in [6.07, 6.45) is 0.686. The van der Waals surface area contributed by atoms with E-state index in [0.29, 0.717) is 6.42 Å². The molecule has 84 valence electrons. The quantitative estimate of drug-likeness (QED) is 0.749. The van der Waals surface area contributed by atoms with Crippen LogP contribution in [0, 0.1) is 0 Å². The molecule has 1 aliphatic heterocycles. The van der Waals surface area contributed by atoms with Crippen LogP contribution in [0.15, 0.2) is 0 Å². The summed E-state index contributed by atoms with van der Waals surface area (Å²) >= 11 is 0. The number of rotatable bonds is 3. The van der Waals surface area contributed by atoms with E-state index in [2.05, 4.69) is 5.32 Å². The fraction of sp³-hybridized carbons (Fsp3) is 1.00. The molecular formula is C9H20N2O2S. The molecule has 5 heteroatoms. The van der Waals surface area contributed by atoms with Crippen molar-refractivity contribution in [2.24, 2.45) is 0 Å². The van der Waals surface area contributed by atoms with Gasteiger partial charge in [0, 0.05) is 25.2 Å². The van der Waals surface area contributed by atoms with Crippen LogP contribution in [-0.4, -0.2) is 43.6 Å². The van der Waals surface area contributed by atoms with Crippen molar-refractivity contribution in [1.29, 1.82) is 0 Å². The van der Waals surface area contributed by atoms with Crippen LogP contribution in [0.5, 0.6) is 0 Å². The maximum Gasteiger partial charge on any atom is 0.214 e. The van der Waals surface area contributed by atoms with Gasteiger partial charge in [-0.2, -0.15) is 4.31 Å². The van der Waals surface area contributed by atoms with Crippen molar-refractivity contribution >= 4 is 10.0 Å². The van der Waals surface area contributed by atoms with Crippen molar-refractivity contribution < 1.29 is 8.42 Å². The third kappa shape index (κ3) is 2.46. The largest absolute Gasteiger partial charge is 0.314 e. The van der Waals surface area contributed by atoms with Crippen LogP contribution in [0.3, 0.4) is 0 Å². The van der Waals surface area contributed by atoms with E-state index in [0.717, 1.165) is 13.1 Å². The summed E-state index contributed by atoms with van der Waals surface area (Å²) in [6.45, 7) is 7.32. The molecule has 0 amide bonds. The Kier molecular flexibility index (Phi) is 3.92. The van der Waals surface area contributed by atoms with Gasteiger partial charge in [-0.15, -0.1) is 0 Å². The van der Waals surface area contributed by atoms with E-state index >= 15 is 0 Å². The third-order valence-electron chi connectivity index (χ3n) is 2.53. The van der Waals surface area contributed by atoms with Gasteiger partial charge in [-0.25, -0.2) is 8.42 Å². The van der Waals surface area contributed by atoms with Gasteiger partial charge in [-0.3, -0.25) is 0 Å². The van der Waals surface area contributed by atoms with Gasteiger partial charge in [0.15, 0.2) is 0 Å². The first-order valence-corrected chi connectivity index (χ1v) is 6.82. The van der Waals surface area contributed by atoms with Crippen LogP contribution in [0.25, 0.3) is 0 Å². The van der Waals surface area contributed by atoms with Crippen molar-refractivity contribution in [3.63, 3.8) is 0 Å². The Bertz CT molecular complexity index is 267. The van der Waals surface area contributed by atoms with Crippen LogP contribution in [0.2, 0.25) is 0 Å². The lowest BCUT2D eigenvalue weighted by molar-refractivity contribution is 0.220. The highest BCUT2D eigenvalue weighted by Crippen LogP contribution is 2.16. The summed E-state index contributed by atoms with van der Waals surface area (Å²) in [7, 11) is -3.04. The number of piperazine rings is 1. The first-order chi connectivity index (χ1) is 6.49. The van der Waals surface area contributed by atoms with Crippen LogP contribution in [-0.2, 0) is 10.0 Å². The number of nitrogens with one attached hydrogen (secondary N) is 1. The maximum absolute atomic E-state index is 11.9. The minimum absolute atomic E-state index is 0.0790. The minimum Gasteiger partial charge on any atom is -0.314 e. The fourth-order valence-corrected chi connectivity index (χ4v) is 4.00. The van der Waals surface area contributed by atoms with Crippen molar-refractivity contribution in [1.82, 2.24) is 9.62 Å². The summed E-state index contributed by atoms with van der Waals surface area (Å²) in [4.78, 5) is 0. The second-order valence-corrected chi connectivity index (χ2v) is 6.00. The second-order valence-electron chi connectivity index (χ2n) is 4.00. The molecule has 1 heterocycles. The first-order valence-electron chi connectivity index (χ1n) is 5.21. The molecule has 0 radical (unpaired) electrons. The van der Waals surface area contributed by atoms with E-state index in [-0.39, 0.29) is 17.8 Å². The fourth-order valence-electron chi connectivity index (χ4n) is 2.03. The van der Waals surface area contributed by atoms with Gasteiger partial charge in [-0.05, 0) is 20.3 Å². The van der Waals surface area contributed by atoms with Crippen LogP contribution >= 0.6 is 0 Å². The number of sulfonamides is 1. The van der Waals surface area contributed by atoms with Gasteiger partial charge in [0.25, 0.3) is 0 Å². The lowest BCUT2D eigenvalue weighted by Crippen LogP contribution is -2.57. The maximum atomic E-state index is 11.9. The zero-order chi connectivity index (χ0) is 10.8. The van der Waals surface area contributed by atoms with Crippen molar-refractivity contribution in [2.75, 3.05) is 18.8 Å². The van der Waals surface area contributed by atoms with Gasteiger partial charge < -0.3 is 5.32 Å². The second kappa shape index (κ2) is 4.59. The van der Waals surface area contributed by atoms with Crippen LogP contribution < -0.4 is 5.32 Å². The predicted molar refractivity (Wildman–Crippen MR) is 57.7 cm³/mol. The van der Waals surface area contributed by atoms with E-state index in [4.69, 9.17) is 0 Å². The molecule has 1 N–H and O–H groups in total. The Hall–Kier alpha value is -0.130. The zero-order valence-electron chi connectivity index (χ0n) is 9.16. The molecule has 2 atom stereocenters. The topological polar surface area (TPSA) is 49.4 Å². The van der Waals surface area contributed by atoms with E-state index in [9.17, 15) is 8.42 Å². The highest BCUT2D eigenvalue weighted by atomic mass is 32.2. The number of hydrogen-bond donors (Lipinski definition) is 1. The number of hydrogen-bond acceptors (Lipinski definition) is 3. The smallest absolute Gasteiger partial charge is 0.214 e. The molecule has 1 saturated heterocycles. The Labute approximate surface area is 86.7 Å². The highest BCUT2D eigenvalue weighted by Gasteiger charge is 2.33. The molecule has 1 rings (SSSR count). The SMILES string of the molecule is CCCS(=O)(=O)N1C(C)CNCC1C. The van der Waals surface area contributed by atoms with E-state index < -0.39 is 10.0 Å². The van der Waals surface area contributed by atoms with Crippen molar-refractivity contribution in [2.45, 2.75) is 39.3 Å². The van der Waals surface area contributed by atoms with Gasteiger partial charge >= 0.3 is 0 Å². The normalized spacial score (nSPS) is 30.5. The molecule has 0 aromatic heterocycles. The molecule has 0 aliphatic carbocycles. The molecular weight excluding hydrogens is 200 g/mol. The average Bonchev–Trinajstić information content (AvgIpc) is 2.02. The summed E-state index contributed by atoms with van der Waals surface area (Å²) in [5.74, 6) is 0.266. The van der Waals surface area contributed by atoms with Crippen LogP contribution in [0.4, 0.5) is 0 Å². The molecule has 4 nitrogen and oxygen atoms in total. The van der Waals surface area contributed by atoms with Crippen LogP contribution in [0.1, 0.15) is 27.2 Å². The standard InChI is InChI=1S/C9H20N2O2S/c1-4-5-14(12,13)11-8(2)6-10-7-9(11)3/h8-10H,4-7H2,1-3H3. The van der Waals surface area contributed by atoms with E-state index in [1.807, 2.05) is 20.8 Å². The van der Waals surface area contributed by atoms with Gasteiger partial charge in [-0.1, -0.05) is 6.92 Å². The molecule has 0 saturated carbocycles. The first kappa shape index (κ1) is 11.9. The van der Waals surface area contributed by atoms with Gasteiger partial charge in [0.2, 0.25) is 10.0 Å². The minimum atomic E-state index is -3.04. The zero-order valence-corrected chi connectivity index (χ0v) is 9.97. The lowest BCUT2D eigenvalue weighted by atomic mass is 10.2. The van der Waals surface area contributed by atoms with E-state index in [1.54, 1.807) is 4.31 Å². The molecule has 1 fully saturated rings. The highest BCUT2D eigenvalue weighted by molar-refractivity contribution is 7.89. The monoisotopic (exact) mass is 220 g/mol. The molecule has 0 spiro atoms. The Morgan fingerprint density at radius 3 is 2.21 bits per heavy atom. The summed E-state index contributed by atoms with van der Waals surface area (Å²) in [5, 5.41) is 3.22. The van der Waals surface area contributed by atoms with Crippen molar-refractivity contribution in [3.05, 3.63) is 0 Å². The summed E-state index contributed by atoms with van der Waals surface area (Å²) < 4.78 is 25.5. The molecule has 1 aliphatic rings. The van der Waals surface area contributed by atoms with Gasteiger partial charge in [0.05, 0.1) is 5.75 Å².